The van der Waals surface area contributed by atoms with Crippen LogP contribution < -0.4 is 9.05 Å². The largest absolute Gasteiger partial charge is 0.584 e. The third-order valence-electron chi connectivity index (χ3n) is 11.5. The van der Waals surface area contributed by atoms with Crippen molar-refractivity contribution in [2.75, 3.05) is 0 Å². The van der Waals surface area contributed by atoms with E-state index in [1.807, 2.05) is 24.3 Å². The number of hydrogen-bond acceptors (Lipinski definition) is 3. The topological polar surface area (TPSA) is 55.8 Å². The van der Waals surface area contributed by atoms with E-state index in [0.717, 1.165) is 49.4 Å². The molecule has 1 aliphatic rings. The maximum Gasteiger partial charge on any atom is 0.584 e. The smallest absolute Gasteiger partial charge is 0.395 e. The molecule has 6 aromatic rings. The number of fused-ring (bicyclic) bond motifs is 7. The van der Waals surface area contributed by atoms with Gasteiger partial charge in [0.2, 0.25) is 0 Å². The van der Waals surface area contributed by atoms with Gasteiger partial charge in [-0.1, -0.05) is 162 Å². The van der Waals surface area contributed by atoms with Gasteiger partial charge in [0.25, 0.3) is 0 Å². The number of hydrogen-bond donors (Lipinski definition) is 1. The molecule has 1 aliphatic heterocycles. The second-order valence-electron chi connectivity index (χ2n) is 17.4. The summed E-state index contributed by atoms with van der Waals surface area (Å²) >= 11 is 0. The Morgan fingerprint density at radius 1 is 0.436 bits per heavy atom. The highest BCUT2D eigenvalue weighted by atomic mass is 31.2. The fraction of sp³-hybridized carbons (Fsp3) is 0.360. The second-order valence-corrected chi connectivity index (χ2v) is 18.7. The van der Waals surface area contributed by atoms with E-state index in [9.17, 15) is 9.46 Å². The molecule has 1 unspecified atom stereocenters. The molecule has 1 heterocycles. The predicted molar refractivity (Wildman–Crippen MR) is 233 cm³/mol. The van der Waals surface area contributed by atoms with Gasteiger partial charge in [0, 0.05) is 22.3 Å². The zero-order chi connectivity index (χ0) is 39.7. The molecule has 7 rings (SSSR count). The molecule has 0 aliphatic carbocycles. The lowest BCUT2D eigenvalue weighted by molar-refractivity contribution is 0.295. The van der Waals surface area contributed by atoms with E-state index < -0.39 is 7.82 Å². The van der Waals surface area contributed by atoms with Crippen molar-refractivity contribution in [3.8, 4) is 44.9 Å². The van der Waals surface area contributed by atoms with E-state index in [2.05, 4.69) is 144 Å². The molecule has 0 bridgehead atoms. The van der Waals surface area contributed by atoms with E-state index >= 15 is 0 Å². The summed E-state index contributed by atoms with van der Waals surface area (Å²) < 4.78 is 27.2. The first-order chi connectivity index (χ1) is 26.0. The zero-order valence-corrected chi connectivity index (χ0v) is 35.6. The van der Waals surface area contributed by atoms with Crippen molar-refractivity contribution in [1.82, 2.24) is 0 Å². The van der Waals surface area contributed by atoms with Gasteiger partial charge in [0.05, 0.1) is 0 Å². The van der Waals surface area contributed by atoms with Crippen LogP contribution in [0.5, 0.6) is 11.5 Å². The normalized spacial score (nSPS) is 15.7. The van der Waals surface area contributed by atoms with Gasteiger partial charge in [-0.15, -0.1) is 0 Å². The van der Waals surface area contributed by atoms with Crippen molar-refractivity contribution in [2.24, 2.45) is 0 Å². The quantitative estimate of drug-likeness (QED) is 0.157. The van der Waals surface area contributed by atoms with Gasteiger partial charge in [-0.3, -0.25) is 4.89 Å². The first-order valence-electron chi connectivity index (χ1n) is 20.2. The van der Waals surface area contributed by atoms with Crippen molar-refractivity contribution < 1.29 is 18.5 Å². The van der Waals surface area contributed by atoms with Crippen LogP contribution >= 0.6 is 7.82 Å². The summed E-state index contributed by atoms with van der Waals surface area (Å²) in [6.07, 6.45) is 0. The van der Waals surface area contributed by atoms with Gasteiger partial charge in [0.15, 0.2) is 0 Å². The minimum atomic E-state index is -4.70. The Balaban J connectivity index is 1.86. The van der Waals surface area contributed by atoms with E-state index in [4.69, 9.17) is 9.05 Å². The zero-order valence-electron chi connectivity index (χ0n) is 34.7. The monoisotopic (exact) mass is 752 g/mol. The van der Waals surface area contributed by atoms with Gasteiger partial charge in [0.1, 0.15) is 11.5 Å². The lowest BCUT2D eigenvalue weighted by Gasteiger charge is -2.31. The average molecular weight is 753 g/mol. The van der Waals surface area contributed by atoms with Crippen LogP contribution in [0.1, 0.15) is 152 Å². The molecule has 0 spiro atoms. The van der Waals surface area contributed by atoms with E-state index in [1.54, 1.807) is 0 Å². The van der Waals surface area contributed by atoms with Gasteiger partial charge in [-0.25, -0.2) is 4.57 Å². The van der Waals surface area contributed by atoms with Crippen LogP contribution in [0.25, 0.3) is 54.9 Å². The molecule has 5 heteroatoms. The highest BCUT2D eigenvalue weighted by molar-refractivity contribution is 7.48. The molecule has 0 fully saturated rings. The van der Waals surface area contributed by atoms with Crippen molar-refractivity contribution in [3.63, 3.8) is 0 Å². The lowest BCUT2D eigenvalue weighted by Crippen LogP contribution is -2.09. The standard InChI is InChI=1S/C50H57O4P/c1-27(2)34-23-39(29(5)6)44(40(24-34)30(7)8)47-37-19-15-16-20-38(37)48-46-36-18-14-13-17-33(36)21-22-43(46)53-55(51,52)54-50(48)49(47)45-41(31(9)10)25-35(28(3)4)26-42(45)32(11)12/h13-32H,1-12H3,(H,51,52). The maximum atomic E-state index is 14.4. The third kappa shape index (κ3) is 6.80. The summed E-state index contributed by atoms with van der Waals surface area (Å²) in [5, 5.41) is 3.98. The average Bonchev–Trinajstić information content (AvgIpc) is 3.25. The van der Waals surface area contributed by atoms with Crippen LogP contribution in [0.15, 0.2) is 84.9 Å². The maximum absolute atomic E-state index is 14.4. The molecule has 1 N–H and O–H groups in total. The molecule has 6 aromatic carbocycles. The van der Waals surface area contributed by atoms with Gasteiger partial charge in [-0.2, -0.15) is 0 Å². The second kappa shape index (κ2) is 14.6. The molecule has 0 aromatic heterocycles. The summed E-state index contributed by atoms with van der Waals surface area (Å²) in [6, 6.07) is 30.1. The first-order valence-corrected chi connectivity index (χ1v) is 21.7. The Hall–Kier alpha value is -4.37. The highest BCUT2D eigenvalue weighted by Gasteiger charge is 2.39. The Kier molecular flexibility index (Phi) is 10.3. The lowest BCUT2D eigenvalue weighted by atomic mass is 9.73. The number of phosphoric acid groups is 1. The Bertz CT molecular complexity index is 2440. The van der Waals surface area contributed by atoms with Crippen LogP contribution in [0.2, 0.25) is 0 Å². The highest BCUT2D eigenvalue weighted by Crippen LogP contribution is 2.63. The van der Waals surface area contributed by atoms with Crippen LogP contribution in [-0.2, 0) is 4.57 Å². The van der Waals surface area contributed by atoms with Crippen LogP contribution in [0.4, 0.5) is 0 Å². The summed E-state index contributed by atoms with van der Waals surface area (Å²) in [5.74, 6) is 2.10. The molecular weight excluding hydrogens is 696 g/mol. The molecule has 286 valence electrons. The Morgan fingerprint density at radius 3 is 1.31 bits per heavy atom. The van der Waals surface area contributed by atoms with E-state index in [-0.39, 0.29) is 23.7 Å². The SMILES string of the molecule is CC(C)c1cc(C(C)C)c(-c2c3c(c4ccccc4c2-c2c(C(C)C)cc(C(C)C)cc2C(C)C)-c2c(ccc4ccccc24)OP(=O)(O)O3)c(C(C)C)c1. The molecule has 55 heavy (non-hydrogen) atoms. The molecular formula is C50H57O4P. The number of benzene rings is 6. The molecule has 0 amide bonds. The fourth-order valence-corrected chi connectivity index (χ4v) is 9.44. The fourth-order valence-electron chi connectivity index (χ4n) is 8.59. The van der Waals surface area contributed by atoms with Crippen molar-refractivity contribution in [1.29, 1.82) is 0 Å². The number of phosphoric ester groups is 1. The molecule has 0 radical (unpaired) electrons. The molecule has 0 saturated heterocycles. The summed E-state index contributed by atoms with van der Waals surface area (Å²) in [6.45, 7) is 27.2. The minimum absolute atomic E-state index is 0.148. The summed E-state index contributed by atoms with van der Waals surface area (Å²) in [4.78, 5) is 11.8. The summed E-state index contributed by atoms with van der Waals surface area (Å²) in [7, 11) is -4.70. The van der Waals surface area contributed by atoms with Crippen molar-refractivity contribution >= 4 is 29.4 Å². The molecule has 0 saturated carbocycles. The van der Waals surface area contributed by atoms with Gasteiger partial charge < -0.3 is 9.05 Å². The Labute approximate surface area is 328 Å². The van der Waals surface area contributed by atoms with Crippen LogP contribution in [0.3, 0.4) is 0 Å². The van der Waals surface area contributed by atoms with Gasteiger partial charge >= 0.3 is 7.82 Å². The molecule has 4 nitrogen and oxygen atoms in total. The minimum Gasteiger partial charge on any atom is -0.395 e. The van der Waals surface area contributed by atoms with Gasteiger partial charge in [-0.05, 0) is 108 Å². The van der Waals surface area contributed by atoms with Crippen molar-refractivity contribution in [3.05, 3.63) is 118 Å². The van der Waals surface area contributed by atoms with E-state index in [1.165, 1.54) is 38.9 Å². The third-order valence-corrected chi connectivity index (χ3v) is 12.3. The van der Waals surface area contributed by atoms with Crippen LogP contribution in [0, 0.1) is 0 Å². The number of rotatable bonds is 8. The first kappa shape index (κ1) is 38.9. The Morgan fingerprint density at radius 2 is 0.855 bits per heavy atom. The summed E-state index contributed by atoms with van der Waals surface area (Å²) in [5.41, 5.74) is 13.2. The van der Waals surface area contributed by atoms with E-state index in [0.29, 0.717) is 23.3 Å². The predicted octanol–water partition coefficient (Wildman–Crippen LogP) is 15.6. The van der Waals surface area contributed by atoms with Crippen molar-refractivity contribution in [2.45, 2.75) is 119 Å². The van der Waals surface area contributed by atoms with Crippen LogP contribution in [-0.4, -0.2) is 4.89 Å². The molecule has 1 atom stereocenters.